The van der Waals surface area contributed by atoms with Crippen molar-refractivity contribution in [1.29, 1.82) is 0 Å². The van der Waals surface area contributed by atoms with Gasteiger partial charge in [0.2, 0.25) is 0 Å². The first kappa shape index (κ1) is 22.3. The summed E-state index contributed by atoms with van der Waals surface area (Å²) in [4.78, 5) is 12.0. The van der Waals surface area contributed by atoms with Gasteiger partial charge in [0, 0.05) is 58.0 Å². The second-order valence-corrected chi connectivity index (χ2v) is 7.66. The molecule has 5 nitrogen and oxygen atoms in total. The van der Waals surface area contributed by atoms with Gasteiger partial charge >= 0.3 is 0 Å². The first-order valence-electron chi connectivity index (χ1n) is 10.3. The molecule has 0 spiro atoms. The molecule has 1 aromatic carbocycles. The Morgan fingerprint density at radius 2 is 1.70 bits per heavy atom. The summed E-state index contributed by atoms with van der Waals surface area (Å²) in [5.74, 6) is 0.760. The Bertz CT molecular complexity index is 576. The molecule has 2 N–H and O–H groups in total. The molecule has 0 bridgehead atoms. The van der Waals surface area contributed by atoms with E-state index in [4.69, 9.17) is 5.73 Å². The number of nitrogens with two attached hydrogens (primary N) is 1. The number of nitrogens with zero attached hydrogens (tertiary/aromatic N) is 4. The lowest BCUT2D eigenvalue weighted by molar-refractivity contribution is 0.256. The van der Waals surface area contributed by atoms with E-state index in [2.05, 4.69) is 50.9 Å². The van der Waals surface area contributed by atoms with Gasteiger partial charge in [-0.05, 0) is 43.9 Å². The van der Waals surface area contributed by atoms with Crippen molar-refractivity contribution in [3.05, 3.63) is 29.8 Å². The molecule has 0 saturated carbocycles. The largest absolute Gasteiger partial charge is 0.370 e. The fraction of sp³-hybridized carbons (Fsp3) is 0.667. The Hall–Kier alpha value is -1.02. The van der Waals surface area contributed by atoms with Crippen LogP contribution in [0.15, 0.2) is 29.3 Å². The molecule has 0 aromatic heterocycles. The fourth-order valence-corrected chi connectivity index (χ4v) is 3.94. The monoisotopic (exact) mass is 485 g/mol. The standard InChI is InChI=1S/C21H35N5.HI/c1-19-8-6-9-20(18-19)25-16-14-24(15-17-25)11-7-10-23-21(22)26-12-4-2-3-5-13-26;/h6,8-9,18H,2-5,7,10-17H2,1H3,(H2,22,23);1H. The van der Waals surface area contributed by atoms with Crippen LogP contribution in [0, 0.1) is 6.92 Å². The summed E-state index contributed by atoms with van der Waals surface area (Å²) < 4.78 is 0. The molecule has 0 aliphatic carbocycles. The van der Waals surface area contributed by atoms with Gasteiger partial charge in [-0.25, -0.2) is 0 Å². The normalized spacial score (nSPS) is 19.5. The second kappa shape index (κ2) is 11.7. The SMILES string of the molecule is Cc1cccc(N2CCN(CCCN=C(N)N3CCCCCC3)CC2)c1.I. The zero-order valence-corrected chi connectivity index (χ0v) is 19.1. The molecular weight excluding hydrogens is 449 g/mol. The van der Waals surface area contributed by atoms with Gasteiger partial charge in [-0.2, -0.15) is 0 Å². The maximum absolute atomic E-state index is 6.19. The Morgan fingerprint density at radius 3 is 2.37 bits per heavy atom. The summed E-state index contributed by atoms with van der Waals surface area (Å²) in [6.07, 6.45) is 6.26. The van der Waals surface area contributed by atoms with Crippen molar-refractivity contribution in [2.75, 3.05) is 57.3 Å². The van der Waals surface area contributed by atoms with Crippen LogP contribution in [0.25, 0.3) is 0 Å². The molecule has 2 saturated heterocycles. The molecule has 0 radical (unpaired) electrons. The second-order valence-electron chi connectivity index (χ2n) is 7.66. The highest BCUT2D eigenvalue weighted by atomic mass is 127. The number of aryl methyl sites for hydroxylation is 1. The van der Waals surface area contributed by atoms with Crippen LogP contribution in [0.4, 0.5) is 5.69 Å². The quantitative estimate of drug-likeness (QED) is 0.301. The van der Waals surface area contributed by atoms with Crippen molar-refractivity contribution < 1.29 is 0 Å². The zero-order chi connectivity index (χ0) is 18.2. The van der Waals surface area contributed by atoms with Gasteiger partial charge in [0.25, 0.3) is 0 Å². The van der Waals surface area contributed by atoms with Crippen molar-refractivity contribution in [3.8, 4) is 0 Å². The Balaban J connectivity index is 0.00000261. The van der Waals surface area contributed by atoms with E-state index in [0.717, 1.165) is 64.7 Å². The van der Waals surface area contributed by atoms with E-state index in [9.17, 15) is 0 Å². The number of benzene rings is 1. The lowest BCUT2D eigenvalue weighted by Crippen LogP contribution is -2.46. The average molecular weight is 485 g/mol. The summed E-state index contributed by atoms with van der Waals surface area (Å²) >= 11 is 0. The van der Waals surface area contributed by atoms with E-state index in [1.165, 1.54) is 36.9 Å². The van der Waals surface area contributed by atoms with E-state index in [1.807, 2.05) is 0 Å². The third kappa shape index (κ3) is 7.14. The first-order valence-corrected chi connectivity index (χ1v) is 10.3. The topological polar surface area (TPSA) is 48.1 Å². The number of likely N-dealkylation sites (tertiary alicyclic amines) is 1. The molecule has 0 amide bonds. The van der Waals surface area contributed by atoms with E-state index in [1.54, 1.807) is 0 Å². The molecule has 1 aromatic rings. The highest BCUT2D eigenvalue weighted by Crippen LogP contribution is 2.17. The summed E-state index contributed by atoms with van der Waals surface area (Å²) in [6.45, 7) is 10.8. The van der Waals surface area contributed by atoms with Crippen LogP contribution in [-0.2, 0) is 0 Å². The van der Waals surface area contributed by atoms with Crippen molar-refractivity contribution in [1.82, 2.24) is 9.80 Å². The maximum Gasteiger partial charge on any atom is 0.191 e. The van der Waals surface area contributed by atoms with Gasteiger partial charge in [0.05, 0.1) is 0 Å². The molecule has 2 aliphatic rings. The number of halogens is 1. The van der Waals surface area contributed by atoms with Crippen LogP contribution >= 0.6 is 24.0 Å². The molecule has 6 heteroatoms. The van der Waals surface area contributed by atoms with Gasteiger partial charge in [-0.3, -0.25) is 9.89 Å². The molecular formula is C21H36IN5. The number of rotatable bonds is 5. The number of hydrogen-bond donors (Lipinski definition) is 1. The van der Waals surface area contributed by atoms with Gasteiger partial charge in [-0.15, -0.1) is 24.0 Å². The number of anilines is 1. The first-order chi connectivity index (χ1) is 12.7. The van der Waals surface area contributed by atoms with Crippen LogP contribution in [-0.4, -0.2) is 68.1 Å². The third-order valence-corrected chi connectivity index (χ3v) is 5.58. The van der Waals surface area contributed by atoms with Crippen molar-refractivity contribution in [2.24, 2.45) is 10.7 Å². The minimum absolute atomic E-state index is 0. The Labute approximate surface area is 182 Å². The summed E-state index contributed by atoms with van der Waals surface area (Å²) in [7, 11) is 0. The van der Waals surface area contributed by atoms with Crippen LogP contribution in [0.2, 0.25) is 0 Å². The average Bonchev–Trinajstić information content (AvgIpc) is 2.95. The van der Waals surface area contributed by atoms with Crippen LogP contribution < -0.4 is 10.6 Å². The molecule has 0 atom stereocenters. The fourth-order valence-electron chi connectivity index (χ4n) is 3.94. The minimum Gasteiger partial charge on any atom is -0.370 e. The lowest BCUT2D eigenvalue weighted by atomic mass is 10.2. The third-order valence-electron chi connectivity index (χ3n) is 5.58. The summed E-state index contributed by atoms with van der Waals surface area (Å²) in [5, 5.41) is 0. The van der Waals surface area contributed by atoms with Crippen LogP contribution in [0.1, 0.15) is 37.7 Å². The molecule has 3 rings (SSSR count). The molecule has 152 valence electrons. The van der Waals surface area contributed by atoms with Crippen molar-refractivity contribution >= 4 is 35.6 Å². The maximum atomic E-state index is 6.19. The predicted octanol–water partition coefficient (Wildman–Crippen LogP) is 3.32. The van der Waals surface area contributed by atoms with E-state index in [0.29, 0.717) is 0 Å². The molecule has 2 fully saturated rings. The molecule has 27 heavy (non-hydrogen) atoms. The lowest BCUT2D eigenvalue weighted by Gasteiger charge is -2.36. The van der Waals surface area contributed by atoms with Crippen LogP contribution in [0.3, 0.4) is 0 Å². The van der Waals surface area contributed by atoms with E-state index >= 15 is 0 Å². The Kier molecular flexibility index (Phi) is 9.68. The number of guanidine groups is 1. The van der Waals surface area contributed by atoms with Crippen molar-refractivity contribution in [2.45, 2.75) is 39.0 Å². The van der Waals surface area contributed by atoms with Gasteiger partial charge in [-0.1, -0.05) is 25.0 Å². The molecule has 0 unspecified atom stereocenters. The van der Waals surface area contributed by atoms with E-state index < -0.39 is 0 Å². The summed E-state index contributed by atoms with van der Waals surface area (Å²) in [6, 6.07) is 8.83. The van der Waals surface area contributed by atoms with Crippen molar-refractivity contribution in [3.63, 3.8) is 0 Å². The predicted molar refractivity (Wildman–Crippen MR) is 126 cm³/mol. The zero-order valence-electron chi connectivity index (χ0n) is 16.8. The van der Waals surface area contributed by atoms with Gasteiger partial charge < -0.3 is 15.5 Å². The highest BCUT2D eigenvalue weighted by molar-refractivity contribution is 14.0. The Morgan fingerprint density at radius 1 is 1.00 bits per heavy atom. The number of aliphatic imine (C=N–C) groups is 1. The minimum atomic E-state index is 0. The number of hydrogen-bond acceptors (Lipinski definition) is 3. The summed E-state index contributed by atoms with van der Waals surface area (Å²) in [5.41, 5.74) is 8.89. The van der Waals surface area contributed by atoms with Gasteiger partial charge in [0.1, 0.15) is 0 Å². The molecule has 2 aliphatic heterocycles. The van der Waals surface area contributed by atoms with E-state index in [-0.39, 0.29) is 24.0 Å². The van der Waals surface area contributed by atoms with Gasteiger partial charge in [0.15, 0.2) is 5.96 Å². The molecule has 2 heterocycles. The highest BCUT2D eigenvalue weighted by Gasteiger charge is 2.17. The number of piperazine rings is 1. The van der Waals surface area contributed by atoms with Crippen LogP contribution in [0.5, 0.6) is 0 Å². The smallest absolute Gasteiger partial charge is 0.191 e.